The van der Waals surface area contributed by atoms with Crippen molar-refractivity contribution in [1.82, 2.24) is 19.7 Å². The van der Waals surface area contributed by atoms with E-state index in [4.69, 9.17) is 16.0 Å². The molecular formula is C21H23ClN4O2. The second-order valence-electron chi connectivity index (χ2n) is 7.30. The van der Waals surface area contributed by atoms with Gasteiger partial charge in [-0.25, -0.2) is 4.98 Å². The van der Waals surface area contributed by atoms with E-state index in [9.17, 15) is 4.79 Å². The Balaban J connectivity index is 1.47. The molecule has 0 unspecified atom stereocenters. The van der Waals surface area contributed by atoms with Gasteiger partial charge in [0.05, 0.1) is 11.9 Å². The zero-order valence-electron chi connectivity index (χ0n) is 16.1. The highest BCUT2D eigenvalue weighted by molar-refractivity contribution is 6.30. The van der Waals surface area contributed by atoms with Crippen LogP contribution in [-0.2, 0) is 17.8 Å². The second-order valence-corrected chi connectivity index (χ2v) is 7.74. The maximum atomic E-state index is 12.9. The number of carbonyl (C=O) groups is 1. The summed E-state index contributed by atoms with van der Waals surface area (Å²) < 4.78 is 7.76. The van der Waals surface area contributed by atoms with E-state index in [1.165, 1.54) is 0 Å². The summed E-state index contributed by atoms with van der Waals surface area (Å²) in [5, 5.41) is 5.10. The summed E-state index contributed by atoms with van der Waals surface area (Å²) in [6, 6.07) is 9.56. The van der Waals surface area contributed by atoms with Crippen molar-refractivity contribution >= 4 is 17.5 Å². The van der Waals surface area contributed by atoms with Crippen LogP contribution in [0.4, 0.5) is 0 Å². The number of rotatable bonds is 5. The standard InChI is InChI=1S/C21H23ClN4O2/c1-14-9-15(2)26(24-14)13-20(27)25-8-4-7-19(25)21-23-12-18(28-21)11-16-5-3-6-17(22)10-16/h3,5-6,9-10,12,19H,4,7-8,11,13H2,1-2H3/t19-/m1/s1. The van der Waals surface area contributed by atoms with Crippen LogP contribution >= 0.6 is 11.6 Å². The normalized spacial score (nSPS) is 16.7. The Morgan fingerprint density at radius 1 is 1.32 bits per heavy atom. The molecule has 0 spiro atoms. The number of hydrogen-bond acceptors (Lipinski definition) is 4. The number of aryl methyl sites for hydroxylation is 2. The van der Waals surface area contributed by atoms with Gasteiger partial charge in [0.2, 0.25) is 11.8 Å². The predicted molar refractivity (Wildman–Crippen MR) is 106 cm³/mol. The molecule has 0 saturated carbocycles. The van der Waals surface area contributed by atoms with Crippen molar-refractivity contribution in [2.45, 2.75) is 45.7 Å². The van der Waals surface area contributed by atoms with Crippen LogP contribution in [0.25, 0.3) is 0 Å². The molecule has 1 fully saturated rings. The fraction of sp³-hybridized carbons (Fsp3) is 0.381. The summed E-state index contributed by atoms with van der Waals surface area (Å²) in [7, 11) is 0. The van der Waals surface area contributed by atoms with Gasteiger partial charge in [0.15, 0.2) is 0 Å². The molecule has 3 aromatic rings. The molecule has 0 N–H and O–H groups in total. The van der Waals surface area contributed by atoms with Gasteiger partial charge in [-0.1, -0.05) is 23.7 Å². The fourth-order valence-corrected chi connectivity index (χ4v) is 4.00. The Hall–Kier alpha value is -2.60. The van der Waals surface area contributed by atoms with Gasteiger partial charge in [-0.15, -0.1) is 0 Å². The molecule has 0 radical (unpaired) electrons. The van der Waals surface area contributed by atoms with Crippen LogP contribution in [0.5, 0.6) is 0 Å². The van der Waals surface area contributed by atoms with Crippen LogP contribution in [0.3, 0.4) is 0 Å². The van der Waals surface area contributed by atoms with Crippen molar-refractivity contribution in [2.75, 3.05) is 6.54 Å². The van der Waals surface area contributed by atoms with E-state index in [2.05, 4.69) is 10.1 Å². The first kappa shape index (κ1) is 18.7. The van der Waals surface area contributed by atoms with Crippen LogP contribution in [0.15, 0.2) is 40.9 Å². The maximum Gasteiger partial charge on any atom is 0.244 e. The van der Waals surface area contributed by atoms with Gasteiger partial charge >= 0.3 is 0 Å². The van der Waals surface area contributed by atoms with Crippen LogP contribution in [0.1, 0.15) is 47.5 Å². The second kappa shape index (κ2) is 7.80. The first-order valence-electron chi connectivity index (χ1n) is 9.49. The summed E-state index contributed by atoms with van der Waals surface area (Å²) in [6.45, 7) is 4.85. The first-order chi connectivity index (χ1) is 13.5. The van der Waals surface area contributed by atoms with E-state index in [1.807, 2.05) is 49.1 Å². The summed E-state index contributed by atoms with van der Waals surface area (Å²) in [5.74, 6) is 1.43. The average molecular weight is 399 g/mol. The molecule has 1 amide bonds. The zero-order chi connectivity index (χ0) is 19.7. The largest absolute Gasteiger partial charge is 0.443 e. The van der Waals surface area contributed by atoms with Gasteiger partial charge in [-0.3, -0.25) is 9.48 Å². The molecule has 1 aromatic carbocycles. The minimum Gasteiger partial charge on any atom is -0.443 e. The molecular weight excluding hydrogens is 376 g/mol. The molecule has 6 nitrogen and oxygen atoms in total. The number of oxazole rings is 1. The summed E-state index contributed by atoms with van der Waals surface area (Å²) in [5.41, 5.74) is 2.97. The fourth-order valence-electron chi connectivity index (χ4n) is 3.78. The van der Waals surface area contributed by atoms with Crippen molar-refractivity contribution < 1.29 is 9.21 Å². The lowest BCUT2D eigenvalue weighted by Crippen LogP contribution is -2.34. The molecule has 1 saturated heterocycles. The number of hydrogen-bond donors (Lipinski definition) is 0. The lowest BCUT2D eigenvalue weighted by Gasteiger charge is -2.22. The number of aromatic nitrogens is 3. The number of amides is 1. The molecule has 1 atom stereocenters. The Morgan fingerprint density at radius 3 is 2.93 bits per heavy atom. The van der Waals surface area contributed by atoms with E-state index < -0.39 is 0 Å². The monoisotopic (exact) mass is 398 g/mol. The summed E-state index contributed by atoms with van der Waals surface area (Å²) >= 11 is 6.06. The number of halogens is 1. The van der Waals surface area contributed by atoms with E-state index in [0.717, 1.165) is 42.1 Å². The topological polar surface area (TPSA) is 64.2 Å². The highest BCUT2D eigenvalue weighted by atomic mass is 35.5. The highest BCUT2D eigenvalue weighted by Gasteiger charge is 2.33. The van der Waals surface area contributed by atoms with Crippen LogP contribution in [0, 0.1) is 13.8 Å². The minimum atomic E-state index is -0.113. The van der Waals surface area contributed by atoms with Crippen molar-refractivity contribution in [1.29, 1.82) is 0 Å². The van der Waals surface area contributed by atoms with Crippen molar-refractivity contribution in [2.24, 2.45) is 0 Å². The molecule has 0 aliphatic carbocycles. The van der Waals surface area contributed by atoms with Gasteiger partial charge in [0.25, 0.3) is 0 Å². The molecule has 1 aliphatic heterocycles. The van der Waals surface area contributed by atoms with Crippen LogP contribution in [-0.4, -0.2) is 32.1 Å². The number of carbonyl (C=O) groups excluding carboxylic acids is 1. The Kier molecular flexibility index (Phi) is 5.22. The van der Waals surface area contributed by atoms with Crippen LogP contribution < -0.4 is 0 Å². The quantitative estimate of drug-likeness (QED) is 0.649. The molecule has 28 heavy (non-hydrogen) atoms. The van der Waals surface area contributed by atoms with E-state index in [-0.39, 0.29) is 18.5 Å². The molecule has 3 heterocycles. The zero-order valence-corrected chi connectivity index (χ0v) is 16.8. The first-order valence-corrected chi connectivity index (χ1v) is 9.87. The van der Waals surface area contributed by atoms with Crippen molar-refractivity contribution in [3.63, 3.8) is 0 Å². The molecule has 4 rings (SSSR count). The van der Waals surface area contributed by atoms with E-state index >= 15 is 0 Å². The van der Waals surface area contributed by atoms with Gasteiger partial charge < -0.3 is 9.32 Å². The average Bonchev–Trinajstić information content (AvgIpc) is 3.35. The molecule has 2 aromatic heterocycles. The molecule has 0 bridgehead atoms. The Labute approximate surface area is 169 Å². The molecule has 7 heteroatoms. The predicted octanol–water partition coefficient (Wildman–Crippen LogP) is 4.10. The van der Waals surface area contributed by atoms with Crippen molar-refractivity contribution in [3.05, 3.63) is 70.2 Å². The number of likely N-dealkylation sites (tertiary alicyclic amines) is 1. The number of benzene rings is 1. The van der Waals surface area contributed by atoms with Gasteiger partial charge in [0, 0.05) is 23.7 Å². The lowest BCUT2D eigenvalue weighted by molar-refractivity contribution is -0.133. The SMILES string of the molecule is Cc1cc(C)n(CC(=O)N2CCC[C@@H]2c2ncc(Cc3cccc(Cl)c3)o2)n1. The van der Waals surface area contributed by atoms with E-state index in [0.29, 0.717) is 17.3 Å². The summed E-state index contributed by atoms with van der Waals surface area (Å²) in [6.07, 6.45) is 4.18. The smallest absolute Gasteiger partial charge is 0.244 e. The molecule has 1 aliphatic rings. The van der Waals surface area contributed by atoms with Crippen LogP contribution in [0.2, 0.25) is 5.02 Å². The lowest BCUT2D eigenvalue weighted by atomic mass is 10.1. The Bertz CT molecular complexity index is 994. The molecule has 146 valence electrons. The summed E-state index contributed by atoms with van der Waals surface area (Å²) in [4.78, 5) is 19.2. The van der Waals surface area contributed by atoms with Gasteiger partial charge in [0.1, 0.15) is 18.3 Å². The maximum absolute atomic E-state index is 12.9. The Morgan fingerprint density at radius 2 is 2.18 bits per heavy atom. The van der Waals surface area contributed by atoms with E-state index in [1.54, 1.807) is 10.9 Å². The van der Waals surface area contributed by atoms with Gasteiger partial charge in [-0.05, 0) is 50.5 Å². The van der Waals surface area contributed by atoms with Crippen molar-refractivity contribution in [3.8, 4) is 0 Å². The van der Waals surface area contributed by atoms with Gasteiger partial charge in [-0.2, -0.15) is 5.10 Å². The minimum absolute atomic E-state index is 0.0447. The highest BCUT2D eigenvalue weighted by Crippen LogP contribution is 2.32. The third-order valence-corrected chi connectivity index (χ3v) is 5.32. The number of nitrogens with zero attached hydrogens (tertiary/aromatic N) is 4. The third-order valence-electron chi connectivity index (χ3n) is 5.09. The third kappa shape index (κ3) is 3.97.